The monoisotopic (exact) mass is 318 g/mol. The van der Waals surface area contributed by atoms with Crippen molar-refractivity contribution in [1.82, 2.24) is 0 Å². The SMILES string of the molecule is CCc1cc(N)ccc1NC(=O)c1ccc(Br)cc1. The van der Waals surface area contributed by atoms with E-state index in [1.54, 1.807) is 18.2 Å². The molecular weight excluding hydrogens is 304 g/mol. The fraction of sp³-hybridized carbons (Fsp3) is 0.133. The van der Waals surface area contributed by atoms with E-state index in [0.29, 0.717) is 11.3 Å². The molecule has 0 spiro atoms. The number of hydrogen-bond donors (Lipinski definition) is 2. The van der Waals surface area contributed by atoms with Crippen LogP contribution in [0.2, 0.25) is 0 Å². The molecule has 0 saturated carbocycles. The average Bonchev–Trinajstić information content (AvgIpc) is 2.41. The minimum Gasteiger partial charge on any atom is -0.399 e. The molecule has 2 rings (SSSR count). The average molecular weight is 319 g/mol. The number of nitrogens with one attached hydrogen (secondary N) is 1. The van der Waals surface area contributed by atoms with Crippen LogP contribution in [-0.2, 0) is 6.42 Å². The van der Waals surface area contributed by atoms with E-state index >= 15 is 0 Å². The number of amides is 1. The molecule has 2 aromatic carbocycles. The predicted molar refractivity (Wildman–Crippen MR) is 82.3 cm³/mol. The Hall–Kier alpha value is -1.81. The van der Waals surface area contributed by atoms with Gasteiger partial charge in [0.15, 0.2) is 0 Å². The van der Waals surface area contributed by atoms with Crippen LogP contribution in [0.15, 0.2) is 46.9 Å². The van der Waals surface area contributed by atoms with Crippen LogP contribution < -0.4 is 11.1 Å². The van der Waals surface area contributed by atoms with E-state index in [2.05, 4.69) is 21.2 Å². The molecular formula is C15H15BrN2O. The Morgan fingerprint density at radius 1 is 1.21 bits per heavy atom. The van der Waals surface area contributed by atoms with Gasteiger partial charge < -0.3 is 11.1 Å². The van der Waals surface area contributed by atoms with Crippen molar-refractivity contribution in [2.75, 3.05) is 11.1 Å². The van der Waals surface area contributed by atoms with Crippen molar-refractivity contribution in [3.05, 3.63) is 58.1 Å². The summed E-state index contributed by atoms with van der Waals surface area (Å²) in [4.78, 5) is 12.1. The van der Waals surface area contributed by atoms with Gasteiger partial charge in [0.2, 0.25) is 0 Å². The Bertz CT molecular complexity index is 594. The maximum Gasteiger partial charge on any atom is 0.255 e. The Morgan fingerprint density at radius 3 is 2.53 bits per heavy atom. The normalized spacial score (nSPS) is 10.2. The standard InChI is InChI=1S/C15H15BrN2O/c1-2-10-9-13(17)7-8-14(10)18-15(19)11-3-5-12(16)6-4-11/h3-9H,2,17H2,1H3,(H,18,19). The van der Waals surface area contributed by atoms with Gasteiger partial charge >= 0.3 is 0 Å². The number of carbonyl (C=O) groups excluding carboxylic acids is 1. The van der Waals surface area contributed by atoms with E-state index in [1.807, 2.05) is 31.2 Å². The highest BCUT2D eigenvalue weighted by Gasteiger charge is 2.08. The maximum atomic E-state index is 12.1. The minimum absolute atomic E-state index is 0.119. The molecule has 3 nitrogen and oxygen atoms in total. The molecule has 1 amide bonds. The van der Waals surface area contributed by atoms with Gasteiger partial charge in [0.05, 0.1) is 0 Å². The third kappa shape index (κ3) is 3.35. The summed E-state index contributed by atoms with van der Waals surface area (Å²) in [6, 6.07) is 12.8. The van der Waals surface area contributed by atoms with Crippen molar-refractivity contribution in [1.29, 1.82) is 0 Å². The smallest absolute Gasteiger partial charge is 0.255 e. The Labute approximate surface area is 121 Å². The molecule has 2 aromatic rings. The zero-order chi connectivity index (χ0) is 13.8. The van der Waals surface area contributed by atoms with Crippen LogP contribution in [0, 0.1) is 0 Å². The van der Waals surface area contributed by atoms with Crippen LogP contribution in [0.25, 0.3) is 0 Å². The number of nitrogens with two attached hydrogens (primary N) is 1. The molecule has 3 N–H and O–H groups in total. The molecule has 0 aromatic heterocycles. The number of hydrogen-bond acceptors (Lipinski definition) is 2. The van der Waals surface area contributed by atoms with Gasteiger partial charge in [-0.2, -0.15) is 0 Å². The van der Waals surface area contributed by atoms with E-state index in [1.165, 1.54) is 0 Å². The van der Waals surface area contributed by atoms with Crippen LogP contribution >= 0.6 is 15.9 Å². The second-order valence-electron chi connectivity index (χ2n) is 4.23. The zero-order valence-corrected chi connectivity index (χ0v) is 12.2. The Balaban J connectivity index is 2.21. The van der Waals surface area contributed by atoms with Crippen molar-refractivity contribution in [3.8, 4) is 0 Å². The maximum absolute atomic E-state index is 12.1. The molecule has 0 unspecified atom stereocenters. The quantitative estimate of drug-likeness (QED) is 0.845. The molecule has 0 heterocycles. The lowest BCUT2D eigenvalue weighted by molar-refractivity contribution is 0.102. The summed E-state index contributed by atoms with van der Waals surface area (Å²) in [5.41, 5.74) is 8.92. The molecule has 0 saturated heterocycles. The highest BCUT2D eigenvalue weighted by molar-refractivity contribution is 9.10. The van der Waals surface area contributed by atoms with Gasteiger partial charge in [-0.3, -0.25) is 4.79 Å². The van der Waals surface area contributed by atoms with Gasteiger partial charge in [0.1, 0.15) is 0 Å². The number of nitrogen functional groups attached to an aromatic ring is 1. The lowest BCUT2D eigenvalue weighted by atomic mass is 10.1. The first kappa shape index (κ1) is 13.6. The number of halogens is 1. The van der Waals surface area contributed by atoms with Crippen LogP contribution in [0.3, 0.4) is 0 Å². The second-order valence-corrected chi connectivity index (χ2v) is 5.15. The lowest BCUT2D eigenvalue weighted by Crippen LogP contribution is -2.13. The van der Waals surface area contributed by atoms with Crippen LogP contribution in [0.5, 0.6) is 0 Å². The zero-order valence-electron chi connectivity index (χ0n) is 10.6. The summed E-state index contributed by atoms with van der Waals surface area (Å²) in [7, 11) is 0. The number of benzene rings is 2. The summed E-state index contributed by atoms with van der Waals surface area (Å²) in [5, 5.41) is 2.91. The van der Waals surface area contributed by atoms with Crippen LogP contribution in [0.4, 0.5) is 11.4 Å². The van der Waals surface area contributed by atoms with E-state index in [-0.39, 0.29) is 5.91 Å². The molecule has 98 valence electrons. The number of anilines is 2. The van der Waals surface area contributed by atoms with Crippen molar-refractivity contribution in [2.24, 2.45) is 0 Å². The van der Waals surface area contributed by atoms with Crippen molar-refractivity contribution < 1.29 is 4.79 Å². The minimum atomic E-state index is -0.119. The fourth-order valence-corrected chi connectivity index (χ4v) is 2.09. The van der Waals surface area contributed by atoms with Crippen molar-refractivity contribution in [3.63, 3.8) is 0 Å². The molecule has 0 fully saturated rings. The molecule has 0 aliphatic rings. The third-order valence-corrected chi connectivity index (χ3v) is 3.39. The first-order valence-corrected chi connectivity index (χ1v) is 6.84. The summed E-state index contributed by atoms with van der Waals surface area (Å²) >= 11 is 3.35. The van der Waals surface area contributed by atoms with Gasteiger partial charge in [-0.1, -0.05) is 22.9 Å². The Kier molecular flexibility index (Phi) is 4.22. The summed E-state index contributed by atoms with van der Waals surface area (Å²) in [6.07, 6.45) is 0.820. The van der Waals surface area contributed by atoms with Crippen molar-refractivity contribution >= 4 is 33.2 Å². The van der Waals surface area contributed by atoms with Gasteiger partial charge in [0, 0.05) is 21.4 Å². The fourth-order valence-electron chi connectivity index (χ4n) is 1.82. The highest BCUT2D eigenvalue weighted by Crippen LogP contribution is 2.20. The van der Waals surface area contributed by atoms with E-state index in [9.17, 15) is 4.79 Å². The van der Waals surface area contributed by atoms with Gasteiger partial charge in [0.25, 0.3) is 5.91 Å². The lowest BCUT2D eigenvalue weighted by Gasteiger charge is -2.10. The predicted octanol–water partition coefficient (Wildman–Crippen LogP) is 3.85. The molecule has 0 atom stereocenters. The first-order valence-electron chi connectivity index (χ1n) is 6.05. The first-order chi connectivity index (χ1) is 9.10. The Morgan fingerprint density at radius 2 is 1.89 bits per heavy atom. The molecule has 0 aliphatic heterocycles. The van der Waals surface area contributed by atoms with Gasteiger partial charge in [-0.15, -0.1) is 0 Å². The molecule has 0 aliphatic carbocycles. The van der Waals surface area contributed by atoms with E-state index in [0.717, 1.165) is 22.1 Å². The van der Waals surface area contributed by atoms with E-state index in [4.69, 9.17) is 5.73 Å². The molecule has 0 radical (unpaired) electrons. The summed E-state index contributed by atoms with van der Waals surface area (Å²) < 4.78 is 0.950. The van der Waals surface area contributed by atoms with Crippen LogP contribution in [0.1, 0.15) is 22.8 Å². The second kappa shape index (κ2) is 5.89. The van der Waals surface area contributed by atoms with E-state index < -0.39 is 0 Å². The molecule has 4 heteroatoms. The summed E-state index contributed by atoms with van der Waals surface area (Å²) in [5.74, 6) is -0.119. The van der Waals surface area contributed by atoms with Gasteiger partial charge in [-0.25, -0.2) is 0 Å². The van der Waals surface area contributed by atoms with Gasteiger partial charge in [-0.05, 0) is 54.4 Å². The topological polar surface area (TPSA) is 55.1 Å². The summed E-state index contributed by atoms with van der Waals surface area (Å²) in [6.45, 7) is 2.03. The number of carbonyl (C=O) groups is 1. The van der Waals surface area contributed by atoms with Crippen LogP contribution in [-0.4, -0.2) is 5.91 Å². The number of aryl methyl sites for hydroxylation is 1. The number of rotatable bonds is 3. The molecule has 19 heavy (non-hydrogen) atoms. The molecule has 0 bridgehead atoms. The largest absolute Gasteiger partial charge is 0.399 e. The third-order valence-electron chi connectivity index (χ3n) is 2.86. The highest BCUT2D eigenvalue weighted by atomic mass is 79.9. The van der Waals surface area contributed by atoms with Crippen molar-refractivity contribution in [2.45, 2.75) is 13.3 Å².